The van der Waals surface area contributed by atoms with Crippen molar-refractivity contribution in [2.45, 2.75) is 51.6 Å². The molecule has 0 spiro atoms. The van der Waals surface area contributed by atoms with Gasteiger partial charge in [0.15, 0.2) is 0 Å². The fourth-order valence-electron chi connectivity index (χ4n) is 1.67. The first kappa shape index (κ1) is 10.5. The van der Waals surface area contributed by atoms with E-state index in [1.165, 1.54) is 12.8 Å². The van der Waals surface area contributed by atoms with E-state index in [-0.39, 0.29) is 17.9 Å². The second-order valence-electron chi connectivity index (χ2n) is 4.26. The van der Waals surface area contributed by atoms with E-state index in [1.807, 2.05) is 13.8 Å². The van der Waals surface area contributed by atoms with Crippen molar-refractivity contribution >= 4 is 5.91 Å². The quantitative estimate of drug-likeness (QED) is 0.688. The molecule has 1 saturated carbocycles. The smallest absolute Gasteiger partial charge is 0.237 e. The molecule has 3 heteroatoms. The molecule has 1 atom stereocenters. The second-order valence-corrected chi connectivity index (χ2v) is 4.26. The van der Waals surface area contributed by atoms with Crippen LogP contribution < -0.4 is 11.1 Å². The SMILES string of the molecule is CC(C)C(N)C(=O)NC1CCCC1. The van der Waals surface area contributed by atoms with Crippen LogP contribution in [-0.4, -0.2) is 18.0 Å². The molecule has 1 unspecified atom stereocenters. The summed E-state index contributed by atoms with van der Waals surface area (Å²) in [6.45, 7) is 3.94. The Kier molecular flexibility index (Phi) is 3.72. The van der Waals surface area contributed by atoms with Gasteiger partial charge in [0.25, 0.3) is 0 Å². The van der Waals surface area contributed by atoms with Gasteiger partial charge in [0.1, 0.15) is 0 Å². The maximum atomic E-state index is 11.5. The predicted molar refractivity (Wildman–Crippen MR) is 53.2 cm³/mol. The van der Waals surface area contributed by atoms with E-state index in [0.29, 0.717) is 6.04 Å². The van der Waals surface area contributed by atoms with Gasteiger partial charge in [-0.05, 0) is 18.8 Å². The zero-order valence-corrected chi connectivity index (χ0v) is 8.55. The zero-order chi connectivity index (χ0) is 9.84. The highest BCUT2D eigenvalue weighted by molar-refractivity contribution is 5.82. The van der Waals surface area contributed by atoms with Crippen LogP contribution in [0.15, 0.2) is 0 Å². The van der Waals surface area contributed by atoms with Gasteiger partial charge in [-0.3, -0.25) is 4.79 Å². The van der Waals surface area contributed by atoms with E-state index in [4.69, 9.17) is 5.73 Å². The molecule has 0 aromatic rings. The Balaban J connectivity index is 2.31. The third kappa shape index (κ3) is 2.99. The van der Waals surface area contributed by atoms with Crippen molar-refractivity contribution in [1.29, 1.82) is 0 Å². The van der Waals surface area contributed by atoms with Crippen LogP contribution >= 0.6 is 0 Å². The first-order valence-electron chi connectivity index (χ1n) is 5.17. The van der Waals surface area contributed by atoms with Crippen molar-refractivity contribution in [2.24, 2.45) is 11.7 Å². The highest BCUT2D eigenvalue weighted by Crippen LogP contribution is 2.17. The summed E-state index contributed by atoms with van der Waals surface area (Å²) in [6.07, 6.45) is 4.72. The topological polar surface area (TPSA) is 55.1 Å². The van der Waals surface area contributed by atoms with Gasteiger partial charge in [-0.2, -0.15) is 0 Å². The molecule has 1 fully saturated rings. The third-order valence-electron chi connectivity index (χ3n) is 2.72. The molecule has 0 bridgehead atoms. The number of nitrogens with two attached hydrogens (primary N) is 1. The van der Waals surface area contributed by atoms with Crippen molar-refractivity contribution in [3.05, 3.63) is 0 Å². The molecule has 3 nitrogen and oxygen atoms in total. The van der Waals surface area contributed by atoms with Crippen molar-refractivity contribution in [1.82, 2.24) is 5.32 Å². The Labute approximate surface area is 80.1 Å². The van der Waals surface area contributed by atoms with Gasteiger partial charge in [0.05, 0.1) is 6.04 Å². The average Bonchev–Trinajstić information content (AvgIpc) is 2.55. The number of amides is 1. The van der Waals surface area contributed by atoms with Crippen LogP contribution in [0, 0.1) is 5.92 Å². The van der Waals surface area contributed by atoms with E-state index >= 15 is 0 Å². The fraction of sp³-hybridized carbons (Fsp3) is 0.900. The first-order chi connectivity index (χ1) is 6.11. The molecule has 0 radical (unpaired) electrons. The van der Waals surface area contributed by atoms with Crippen molar-refractivity contribution in [3.8, 4) is 0 Å². The molecule has 1 amide bonds. The molecular formula is C10H20N2O. The summed E-state index contributed by atoms with van der Waals surface area (Å²) in [5.74, 6) is 0.239. The molecule has 0 aromatic heterocycles. The van der Waals surface area contributed by atoms with Crippen LogP contribution in [0.3, 0.4) is 0 Å². The first-order valence-corrected chi connectivity index (χ1v) is 5.17. The average molecular weight is 184 g/mol. The Morgan fingerprint density at radius 3 is 2.38 bits per heavy atom. The third-order valence-corrected chi connectivity index (χ3v) is 2.72. The van der Waals surface area contributed by atoms with Crippen LogP contribution in [-0.2, 0) is 4.79 Å². The van der Waals surface area contributed by atoms with Gasteiger partial charge in [0.2, 0.25) is 5.91 Å². The van der Waals surface area contributed by atoms with Gasteiger partial charge in [-0.15, -0.1) is 0 Å². The molecule has 0 saturated heterocycles. The van der Waals surface area contributed by atoms with Gasteiger partial charge in [-0.25, -0.2) is 0 Å². The molecule has 3 N–H and O–H groups in total. The largest absolute Gasteiger partial charge is 0.352 e. The Morgan fingerprint density at radius 1 is 1.38 bits per heavy atom. The van der Waals surface area contributed by atoms with Crippen LogP contribution in [0.2, 0.25) is 0 Å². The summed E-state index contributed by atoms with van der Waals surface area (Å²) in [4.78, 5) is 11.5. The maximum Gasteiger partial charge on any atom is 0.237 e. The molecule has 76 valence electrons. The van der Waals surface area contributed by atoms with E-state index in [0.717, 1.165) is 12.8 Å². The van der Waals surface area contributed by atoms with E-state index in [1.54, 1.807) is 0 Å². The number of hydrogen-bond donors (Lipinski definition) is 2. The second kappa shape index (κ2) is 4.61. The summed E-state index contributed by atoms with van der Waals surface area (Å²) in [5, 5.41) is 3.00. The number of carbonyl (C=O) groups is 1. The van der Waals surface area contributed by atoms with Gasteiger partial charge < -0.3 is 11.1 Å². The van der Waals surface area contributed by atoms with Crippen LogP contribution in [0.1, 0.15) is 39.5 Å². The Bertz CT molecular complexity index is 174. The minimum Gasteiger partial charge on any atom is -0.352 e. The van der Waals surface area contributed by atoms with Crippen molar-refractivity contribution in [2.75, 3.05) is 0 Å². The summed E-state index contributed by atoms with van der Waals surface area (Å²) in [6, 6.07) is 0.0397. The molecule has 1 aliphatic rings. The monoisotopic (exact) mass is 184 g/mol. The van der Waals surface area contributed by atoms with E-state index in [9.17, 15) is 4.79 Å². The molecule has 0 aliphatic heterocycles. The highest BCUT2D eigenvalue weighted by atomic mass is 16.2. The molecule has 0 heterocycles. The maximum absolute atomic E-state index is 11.5. The van der Waals surface area contributed by atoms with Gasteiger partial charge >= 0.3 is 0 Å². The lowest BCUT2D eigenvalue weighted by molar-refractivity contribution is -0.123. The van der Waals surface area contributed by atoms with Gasteiger partial charge in [0, 0.05) is 6.04 Å². The van der Waals surface area contributed by atoms with E-state index in [2.05, 4.69) is 5.32 Å². The number of nitrogens with one attached hydrogen (secondary N) is 1. The summed E-state index contributed by atoms with van der Waals surface area (Å²) >= 11 is 0. The van der Waals surface area contributed by atoms with E-state index < -0.39 is 0 Å². The standard InChI is InChI=1S/C10H20N2O/c1-7(2)9(11)10(13)12-8-5-3-4-6-8/h7-9H,3-6,11H2,1-2H3,(H,12,13). The molecule has 13 heavy (non-hydrogen) atoms. The molecular weight excluding hydrogens is 164 g/mol. The summed E-state index contributed by atoms with van der Waals surface area (Å²) < 4.78 is 0. The molecule has 1 rings (SSSR count). The van der Waals surface area contributed by atoms with Crippen molar-refractivity contribution in [3.63, 3.8) is 0 Å². The fourth-order valence-corrected chi connectivity index (χ4v) is 1.67. The van der Waals surface area contributed by atoms with Crippen molar-refractivity contribution < 1.29 is 4.79 Å². The summed E-state index contributed by atoms with van der Waals surface area (Å²) in [7, 11) is 0. The van der Waals surface area contributed by atoms with Crippen LogP contribution in [0.25, 0.3) is 0 Å². The summed E-state index contributed by atoms with van der Waals surface area (Å²) in [5.41, 5.74) is 5.73. The normalized spacial score (nSPS) is 20.6. The lowest BCUT2D eigenvalue weighted by Gasteiger charge is -2.18. The van der Waals surface area contributed by atoms with Crippen LogP contribution in [0.5, 0.6) is 0 Å². The predicted octanol–water partition coefficient (Wildman–Crippen LogP) is 1.03. The lowest BCUT2D eigenvalue weighted by Crippen LogP contribution is -2.47. The van der Waals surface area contributed by atoms with Gasteiger partial charge in [-0.1, -0.05) is 26.7 Å². The molecule has 0 aromatic carbocycles. The van der Waals surface area contributed by atoms with Crippen LogP contribution in [0.4, 0.5) is 0 Å². The Hall–Kier alpha value is -0.570. The number of rotatable bonds is 3. The molecule has 1 aliphatic carbocycles. The minimum absolute atomic E-state index is 0.0156. The minimum atomic E-state index is -0.347. The number of carbonyl (C=O) groups excluding carboxylic acids is 1. The number of hydrogen-bond acceptors (Lipinski definition) is 2. The lowest BCUT2D eigenvalue weighted by atomic mass is 10.0. The Morgan fingerprint density at radius 2 is 1.92 bits per heavy atom. The highest BCUT2D eigenvalue weighted by Gasteiger charge is 2.22. The zero-order valence-electron chi connectivity index (χ0n) is 8.55.